The summed E-state index contributed by atoms with van der Waals surface area (Å²) in [6.45, 7) is 0.402. The molecule has 24 heavy (non-hydrogen) atoms. The molecule has 1 atom stereocenters. The molecule has 2 heterocycles. The fraction of sp³-hybridized carbons (Fsp3) is 0.600. The molecule has 3 aliphatic rings. The van der Waals surface area contributed by atoms with Crippen molar-refractivity contribution in [3.05, 3.63) is 35.4 Å². The summed E-state index contributed by atoms with van der Waals surface area (Å²) in [6.07, 6.45) is -13.4. The van der Waals surface area contributed by atoms with Crippen LogP contribution in [0.4, 0.5) is 0 Å². The summed E-state index contributed by atoms with van der Waals surface area (Å²) in [5.74, 6) is -8.56. The molecule has 0 radical (unpaired) electrons. The summed E-state index contributed by atoms with van der Waals surface area (Å²) in [5, 5.41) is 0. The highest BCUT2D eigenvalue weighted by atomic mass is 16.2. The zero-order chi connectivity index (χ0) is 25.7. The summed E-state index contributed by atoms with van der Waals surface area (Å²) in [7, 11) is 0. The Hall–Kier alpha value is -1.84. The predicted molar refractivity (Wildman–Crippen MR) is 92.3 cm³/mol. The highest BCUT2D eigenvalue weighted by Gasteiger charge is 2.40. The van der Waals surface area contributed by atoms with Gasteiger partial charge in [0, 0.05) is 32.7 Å². The summed E-state index contributed by atoms with van der Waals surface area (Å²) < 4.78 is 83.6. The number of hydrogen-bond donors (Lipinski definition) is 0. The Morgan fingerprint density at radius 2 is 2.00 bits per heavy atom. The number of carbonyl (C=O) groups excluding carboxylic acids is 2. The van der Waals surface area contributed by atoms with Gasteiger partial charge in [-0.1, -0.05) is 31.2 Å². The maximum absolute atomic E-state index is 13.7. The van der Waals surface area contributed by atoms with Crippen molar-refractivity contribution in [2.75, 3.05) is 19.6 Å². The van der Waals surface area contributed by atoms with Crippen molar-refractivity contribution in [2.24, 2.45) is 11.8 Å². The van der Waals surface area contributed by atoms with Gasteiger partial charge < -0.3 is 9.80 Å². The number of hydrogen-bond acceptors (Lipinski definition) is 2. The Labute approximate surface area is 157 Å². The van der Waals surface area contributed by atoms with Gasteiger partial charge in [-0.05, 0) is 48.9 Å². The quantitative estimate of drug-likeness (QED) is 0.791. The van der Waals surface area contributed by atoms with E-state index in [0.29, 0.717) is 13.0 Å². The Morgan fingerprint density at radius 1 is 1.25 bits per heavy atom. The van der Waals surface area contributed by atoms with E-state index in [0.717, 1.165) is 23.0 Å². The molecule has 4 rings (SSSR count). The number of fused-ring (bicyclic) bond motifs is 3. The Balaban J connectivity index is 1.81. The van der Waals surface area contributed by atoms with Gasteiger partial charge in [-0.25, -0.2) is 0 Å². The third-order valence-corrected chi connectivity index (χ3v) is 4.70. The smallest absolute Gasteiger partial charge is 0.242 e. The van der Waals surface area contributed by atoms with Crippen molar-refractivity contribution in [1.29, 1.82) is 0 Å². The number of nitrogens with zero attached hydrogens (tertiary/aromatic N) is 2. The largest absolute Gasteiger partial charge is 0.332 e. The lowest BCUT2D eigenvalue weighted by molar-refractivity contribution is -0.152. The van der Waals surface area contributed by atoms with E-state index in [1.165, 1.54) is 0 Å². The summed E-state index contributed by atoms with van der Waals surface area (Å²) in [5.41, 5.74) is 1.74. The van der Waals surface area contributed by atoms with Crippen LogP contribution in [0.1, 0.15) is 63.3 Å². The lowest BCUT2D eigenvalue weighted by Gasteiger charge is -2.45. The Bertz CT molecular complexity index is 1030. The van der Waals surface area contributed by atoms with Crippen LogP contribution in [0.25, 0.3) is 0 Å². The van der Waals surface area contributed by atoms with E-state index in [2.05, 4.69) is 0 Å². The highest BCUT2D eigenvalue weighted by Crippen LogP contribution is 2.35. The zero-order valence-electron chi connectivity index (χ0n) is 23.4. The molecule has 1 aliphatic carbocycles. The topological polar surface area (TPSA) is 40.6 Å². The second-order valence-corrected chi connectivity index (χ2v) is 6.24. The summed E-state index contributed by atoms with van der Waals surface area (Å²) >= 11 is 0. The Kier molecular flexibility index (Phi) is 2.08. The molecule has 128 valence electrons. The molecular formula is C20H26N2O2. The molecule has 4 heteroatoms. The number of amides is 2. The van der Waals surface area contributed by atoms with Gasteiger partial charge in [0.1, 0.15) is 0 Å². The molecule has 0 N–H and O–H groups in total. The van der Waals surface area contributed by atoms with Crippen molar-refractivity contribution in [3.8, 4) is 0 Å². The van der Waals surface area contributed by atoms with Crippen molar-refractivity contribution >= 4 is 11.8 Å². The van der Waals surface area contributed by atoms with E-state index in [1.54, 1.807) is 17.0 Å². The normalized spacial score (nSPS) is 50.5. The SMILES string of the molecule is [2H]C1([2H])C([2H])([2H])C([2H])(C(=O)N2CC(=O)N3CCc4ccccc4C3C2)C([2H])([2H])C([2H])([2H])C1([2H])C. The molecule has 2 fully saturated rings. The van der Waals surface area contributed by atoms with Gasteiger partial charge in [-0.3, -0.25) is 9.59 Å². The monoisotopic (exact) mass is 336 g/mol. The molecule has 1 saturated carbocycles. The van der Waals surface area contributed by atoms with Gasteiger partial charge in [0.05, 0.1) is 12.6 Å². The van der Waals surface area contributed by atoms with Crippen LogP contribution in [-0.2, 0) is 16.0 Å². The van der Waals surface area contributed by atoms with Crippen LogP contribution in [0.3, 0.4) is 0 Å². The maximum Gasteiger partial charge on any atom is 0.242 e. The van der Waals surface area contributed by atoms with E-state index in [9.17, 15) is 9.59 Å². The predicted octanol–water partition coefficient (Wildman–Crippen LogP) is 2.78. The average Bonchev–Trinajstić information content (AvgIpc) is 2.76. The second kappa shape index (κ2) is 6.23. The Morgan fingerprint density at radius 3 is 2.79 bits per heavy atom. The van der Waals surface area contributed by atoms with Gasteiger partial charge in [0.25, 0.3) is 0 Å². The molecule has 0 bridgehead atoms. The van der Waals surface area contributed by atoms with Crippen LogP contribution in [-0.4, -0.2) is 41.2 Å². The molecule has 1 saturated heterocycles. The maximum atomic E-state index is 13.7. The lowest BCUT2D eigenvalue weighted by Crippen LogP contribution is -2.56. The lowest BCUT2D eigenvalue weighted by atomic mass is 9.82. The molecule has 4 nitrogen and oxygen atoms in total. The molecule has 2 amide bonds. The first-order valence-corrected chi connectivity index (χ1v) is 8.04. The molecule has 1 aromatic rings. The number of carbonyl (C=O) groups is 2. The second-order valence-electron chi connectivity index (χ2n) is 6.24. The first-order valence-electron chi connectivity index (χ1n) is 13.0. The van der Waals surface area contributed by atoms with E-state index < -0.39 is 61.7 Å². The number of rotatable bonds is 1. The average molecular weight is 337 g/mol. The van der Waals surface area contributed by atoms with Crippen molar-refractivity contribution in [1.82, 2.24) is 9.80 Å². The van der Waals surface area contributed by atoms with Crippen molar-refractivity contribution < 1.29 is 23.3 Å². The van der Waals surface area contributed by atoms with E-state index in [-0.39, 0.29) is 6.54 Å². The minimum absolute atomic E-state index is 0.168. The van der Waals surface area contributed by atoms with E-state index >= 15 is 0 Å². The third kappa shape index (κ3) is 2.72. The van der Waals surface area contributed by atoms with Crippen LogP contribution < -0.4 is 0 Å². The van der Waals surface area contributed by atoms with Crippen LogP contribution in [0.2, 0.25) is 0 Å². The van der Waals surface area contributed by atoms with Gasteiger partial charge in [-0.2, -0.15) is 0 Å². The molecule has 1 unspecified atom stereocenters. The summed E-state index contributed by atoms with van der Waals surface area (Å²) in [6, 6.07) is 6.70. The fourth-order valence-corrected chi connectivity index (χ4v) is 3.47. The van der Waals surface area contributed by atoms with Crippen LogP contribution in [0, 0.1) is 11.8 Å². The fourth-order valence-electron chi connectivity index (χ4n) is 3.47. The molecule has 0 spiro atoms. The highest BCUT2D eigenvalue weighted by molar-refractivity contribution is 5.87. The number of benzene rings is 1. The van der Waals surface area contributed by atoms with Crippen LogP contribution in [0.15, 0.2) is 24.3 Å². The zero-order valence-corrected chi connectivity index (χ0v) is 13.4. The van der Waals surface area contributed by atoms with Gasteiger partial charge in [-0.15, -0.1) is 0 Å². The molecule has 0 aromatic heterocycles. The van der Waals surface area contributed by atoms with Gasteiger partial charge in [0.15, 0.2) is 0 Å². The first kappa shape index (κ1) is 8.03. The molecular weight excluding hydrogens is 300 g/mol. The summed E-state index contributed by atoms with van der Waals surface area (Å²) in [4.78, 5) is 29.1. The minimum Gasteiger partial charge on any atom is -0.332 e. The van der Waals surface area contributed by atoms with E-state index in [1.807, 2.05) is 12.1 Å². The minimum atomic E-state index is -3.61. The molecule has 2 aliphatic heterocycles. The van der Waals surface area contributed by atoms with Gasteiger partial charge >= 0.3 is 0 Å². The standard InChI is InChI=1S/C20H26N2O2/c1-14-6-8-16(9-7-14)20(24)21-12-18-17-5-3-2-4-15(17)10-11-22(18)19(23)13-21/h2-5,14,16,18H,6-13H2,1H3/i6D2,7D2,8D2,9D2,14D,16D. The van der Waals surface area contributed by atoms with Crippen molar-refractivity contribution in [3.63, 3.8) is 0 Å². The first-order chi connectivity index (χ1) is 15.4. The molecule has 1 aromatic carbocycles. The third-order valence-electron chi connectivity index (χ3n) is 4.70. The van der Waals surface area contributed by atoms with Gasteiger partial charge in [0.2, 0.25) is 11.8 Å². The van der Waals surface area contributed by atoms with Crippen molar-refractivity contribution in [2.45, 2.75) is 44.9 Å². The van der Waals surface area contributed by atoms with E-state index in [4.69, 9.17) is 13.7 Å². The van der Waals surface area contributed by atoms with Crippen LogP contribution in [0.5, 0.6) is 0 Å². The van der Waals surface area contributed by atoms with Crippen LogP contribution >= 0.6 is 0 Å². The number of piperazine rings is 1.